The molecule has 1 saturated heterocycles. The van der Waals surface area contributed by atoms with Crippen LogP contribution in [0.4, 0.5) is 35.1 Å². The van der Waals surface area contributed by atoms with Crippen molar-refractivity contribution >= 4 is 6.08 Å². The largest absolute Gasteiger partial charge is 0.432 e. The predicted octanol–water partition coefficient (Wildman–Crippen LogP) is 9.94. The molecule has 2 saturated carbocycles. The van der Waals surface area contributed by atoms with Crippen molar-refractivity contribution in [2.45, 2.75) is 76.9 Å². The van der Waals surface area contributed by atoms with Gasteiger partial charge < -0.3 is 14.2 Å². The van der Waals surface area contributed by atoms with Gasteiger partial charge in [0.2, 0.25) is 0 Å². The maximum Gasteiger partial charge on any atom is 0.409 e. The highest BCUT2D eigenvalue weighted by molar-refractivity contribution is 5.68. The first-order valence-electron chi connectivity index (χ1n) is 15.1. The minimum absolute atomic E-state index is 0.144. The standard InChI is InChI=1S/C33H36F8O3/c1-19-17-42-31(43-18-19)22-4-2-20(3-5-22)21-6-8-24(9-7-21)33(40,41)44-25-10-11-26(30(36)16-25)23-14-28(34)27(29(35)15-23)12-13-32(37,38)39/h10-16,19-22,24,31H,2-9,17-18H2,1H3/b13-12+. The molecule has 242 valence electrons. The van der Waals surface area contributed by atoms with Crippen LogP contribution in [0.5, 0.6) is 5.75 Å². The Morgan fingerprint density at radius 1 is 0.727 bits per heavy atom. The number of rotatable bonds is 7. The third-order valence-corrected chi connectivity index (χ3v) is 9.23. The molecular weight excluding hydrogens is 596 g/mol. The van der Waals surface area contributed by atoms with Crippen LogP contribution in [0.15, 0.2) is 36.4 Å². The van der Waals surface area contributed by atoms with Crippen molar-refractivity contribution in [1.29, 1.82) is 0 Å². The third-order valence-electron chi connectivity index (χ3n) is 9.23. The maximum atomic E-state index is 15.2. The molecule has 3 fully saturated rings. The van der Waals surface area contributed by atoms with Crippen LogP contribution in [0.25, 0.3) is 17.2 Å². The summed E-state index contributed by atoms with van der Waals surface area (Å²) in [5, 5.41) is 0. The zero-order valence-electron chi connectivity index (χ0n) is 24.3. The SMILES string of the molecule is CC1COC(C2CCC(C3CCC(C(F)(F)Oc4ccc(-c5cc(F)c(/C=C/C(F)(F)F)c(F)c5)c(F)c4)CC3)CC2)OC1. The van der Waals surface area contributed by atoms with Crippen LogP contribution in [0.1, 0.15) is 63.9 Å². The lowest BCUT2D eigenvalue weighted by molar-refractivity contribution is -0.229. The Bertz CT molecular complexity index is 1280. The van der Waals surface area contributed by atoms with Gasteiger partial charge in [-0.2, -0.15) is 22.0 Å². The second-order valence-corrected chi connectivity index (χ2v) is 12.5. The summed E-state index contributed by atoms with van der Waals surface area (Å²) in [5.41, 5.74) is -1.57. The Hall–Kier alpha value is -2.66. The van der Waals surface area contributed by atoms with Crippen molar-refractivity contribution in [3.63, 3.8) is 0 Å². The summed E-state index contributed by atoms with van der Waals surface area (Å²) < 4.78 is 128. The van der Waals surface area contributed by atoms with Crippen LogP contribution in [-0.2, 0) is 9.47 Å². The minimum Gasteiger partial charge on any atom is -0.432 e. The maximum absolute atomic E-state index is 15.2. The molecule has 2 aromatic carbocycles. The molecular formula is C33H36F8O3. The molecule has 0 spiro atoms. The summed E-state index contributed by atoms with van der Waals surface area (Å²) >= 11 is 0. The Labute approximate surface area is 251 Å². The van der Waals surface area contributed by atoms with Crippen LogP contribution in [0.2, 0.25) is 0 Å². The average molecular weight is 633 g/mol. The number of halogens is 8. The summed E-state index contributed by atoms with van der Waals surface area (Å²) in [6.45, 7) is 3.52. The smallest absolute Gasteiger partial charge is 0.409 e. The highest BCUT2D eigenvalue weighted by Gasteiger charge is 2.45. The lowest BCUT2D eigenvalue weighted by Crippen LogP contribution is -2.40. The molecule has 1 heterocycles. The van der Waals surface area contributed by atoms with Crippen molar-refractivity contribution in [1.82, 2.24) is 0 Å². The van der Waals surface area contributed by atoms with E-state index >= 15 is 8.78 Å². The monoisotopic (exact) mass is 632 g/mol. The van der Waals surface area contributed by atoms with E-state index in [1.165, 1.54) is 0 Å². The van der Waals surface area contributed by atoms with Gasteiger partial charge in [0, 0.05) is 35.1 Å². The van der Waals surface area contributed by atoms with Gasteiger partial charge in [-0.15, -0.1) is 0 Å². The van der Waals surface area contributed by atoms with Gasteiger partial charge in [-0.3, -0.25) is 0 Å². The summed E-state index contributed by atoms with van der Waals surface area (Å²) in [5.74, 6) is -3.60. The Morgan fingerprint density at radius 3 is 1.82 bits per heavy atom. The molecule has 5 rings (SSSR count). The van der Waals surface area contributed by atoms with E-state index in [1.54, 1.807) is 0 Å². The molecule has 2 aromatic rings. The highest BCUT2D eigenvalue weighted by Crippen LogP contribution is 2.46. The molecule has 0 atom stereocenters. The van der Waals surface area contributed by atoms with Crippen molar-refractivity contribution in [3.05, 3.63) is 59.4 Å². The molecule has 0 unspecified atom stereocenters. The Kier molecular flexibility index (Phi) is 9.94. The van der Waals surface area contributed by atoms with Gasteiger partial charge in [-0.05, 0) is 99.1 Å². The van der Waals surface area contributed by atoms with E-state index in [4.69, 9.17) is 14.2 Å². The molecule has 0 amide bonds. The average Bonchev–Trinajstić information content (AvgIpc) is 2.96. The van der Waals surface area contributed by atoms with Crippen LogP contribution in [-0.4, -0.2) is 31.8 Å². The summed E-state index contributed by atoms with van der Waals surface area (Å²) in [4.78, 5) is 0. The molecule has 3 nitrogen and oxygen atoms in total. The zero-order chi connectivity index (χ0) is 31.6. The summed E-state index contributed by atoms with van der Waals surface area (Å²) in [6.07, 6.45) is -2.62. The van der Waals surface area contributed by atoms with Crippen molar-refractivity contribution < 1.29 is 49.3 Å². The number of benzene rings is 2. The second-order valence-electron chi connectivity index (χ2n) is 12.5. The van der Waals surface area contributed by atoms with E-state index in [-0.39, 0.29) is 42.4 Å². The van der Waals surface area contributed by atoms with E-state index in [2.05, 4.69) is 6.92 Å². The molecule has 0 radical (unpaired) electrons. The van der Waals surface area contributed by atoms with E-state index in [0.717, 1.165) is 37.8 Å². The van der Waals surface area contributed by atoms with Gasteiger partial charge in [0.15, 0.2) is 6.29 Å². The molecule has 3 aliphatic rings. The zero-order valence-corrected chi connectivity index (χ0v) is 24.3. The first-order valence-corrected chi connectivity index (χ1v) is 15.1. The fourth-order valence-corrected chi connectivity index (χ4v) is 6.81. The molecule has 2 aliphatic carbocycles. The highest BCUT2D eigenvalue weighted by atomic mass is 19.4. The molecule has 0 bridgehead atoms. The fraction of sp³-hybridized carbons (Fsp3) is 0.576. The predicted molar refractivity (Wildman–Crippen MR) is 148 cm³/mol. The number of hydrogen-bond acceptors (Lipinski definition) is 3. The molecule has 44 heavy (non-hydrogen) atoms. The first kappa shape index (κ1) is 32.7. The third kappa shape index (κ3) is 7.94. The molecule has 0 N–H and O–H groups in total. The molecule has 1 aliphatic heterocycles. The number of allylic oxidation sites excluding steroid dienone is 1. The van der Waals surface area contributed by atoms with Crippen LogP contribution in [0.3, 0.4) is 0 Å². The van der Waals surface area contributed by atoms with Gasteiger partial charge in [0.05, 0.1) is 19.1 Å². The topological polar surface area (TPSA) is 27.7 Å². The van der Waals surface area contributed by atoms with Gasteiger partial charge in [-0.25, -0.2) is 13.2 Å². The lowest BCUT2D eigenvalue weighted by Gasteiger charge is -2.41. The molecule has 11 heteroatoms. The fourth-order valence-electron chi connectivity index (χ4n) is 6.81. The number of alkyl halides is 5. The lowest BCUT2D eigenvalue weighted by atomic mass is 9.69. The van der Waals surface area contributed by atoms with Gasteiger partial charge in [-0.1, -0.05) is 6.92 Å². The quantitative estimate of drug-likeness (QED) is 0.285. The second kappa shape index (κ2) is 13.4. The normalized spacial score (nSPS) is 28.8. The molecule has 0 aromatic heterocycles. The van der Waals surface area contributed by atoms with Gasteiger partial charge in [0.25, 0.3) is 0 Å². The van der Waals surface area contributed by atoms with Crippen LogP contribution >= 0.6 is 0 Å². The number of hydrogen-bond donors (Lipinski definition) is 0. The van der Waals surface area contributed by atoms with Gasteiger partial charge in [0.1, 0.15) is 23.2 Å². The van der Waals surface area contributed by atoms with Crippen molar-refractivity contribution in [2.24, 2.45) is 29.6 Å². The first-order chi connectivity index (χ1) is 20.8. The summed E-state index contributed by atoms with van der Waals surface area (Å²) in [7, 11) is 0. The van der Waals surface area contributed by atoms with E-state index < -0.39 is 47.0 Å². The van der Waals surface area contributed by atoms with E-state index in [0.29, 0.717) is 67.9 Å². The van der Waals surface area contributed by atoms with Crippen LogP contribution in [0, 0.1) is 47.0 Å². The summed E-state index contributed by atoms with van der Waals surface area (Å²) in [6, 6.07) is 4.17. The van der Waals surface area contributed by atoms with Crippen molar-refractivity contribution in [2.75, 3.05) is 13.2 Å². The van der Waals surface area contributed by atoms with E-state index in [1.807, 2.05) is 0 Å². The van der Waals surface area contributed by atoms with Gasteiger partial charge >= 0.3 is 12.3 Å². The van der Waals surface area contributed by atoms with Crippen LogP contribution < -0.4 is 4.74 Å². The number of ether oxygens (including phenoxy) is 3. The Morgan fingerprint density at radius 2 is 1.27 bits per heavy atom. The Balaban J connectivity index is 1.15. The minimum atomic E-state index is -4.78. The van der Waals surface area contributed by atoms with E-state index in [9.17, 15) is 26.3 Å². The van der Waals surface area contributed by atoms with Crippen molar-refractivity contribution in [3.8, 4) is 16.9 Å².